The topological polar surface area (TPSA) is 66.4 Å². The van der Waals surface area contributed by atoms with Gasteiger partial charge in [-0.05, 0) is 68.1 Å². The Kier molecular flexibility index (Phi) is 8.85. The van der Waals surface area contributed by atoms with Crippen molar-refractivity contribution in [1.29, 1.82) is 0 Å². The number of alkyl halides is 9. The summed E-state index contributed by atoms with van der Waals surface area (Å²) in [4.78, 5) is 1.58. The summed E-state index contributed by atoms with van der Waals surface area (Å²) < 4.78 is 142. The molecule has 2 aromatic rings. The van der Waals surface area contributed by atoms with Gasteiger partial charge in [-0.2, -0.15) is 39.5 Å². The number of hydrogen-bond acceptors (Lipinski definition) is 4. The lowest BCUT2D eigenvalue weighted by Crippen LogP contribution is -2.63. The van der Waals surface area contributed by atoms with Crippen molar-refractivity contribution >= 4 is 31.8 Å². The third kappa shape index (κ3) is 5.99. The van der Waals surface area contributed by atoms with E-state index in [1.807, 2.05) is 0 Å². The maximum atomic E-state index is 12.2. The van der Waals surface area contributed by atoms with E-state index in [0.29, 0.717) is 10.9 Å². The summed E-state index contributed by atoms with van der Waals surface area (Å²) in [7, 11) is -6.95. The zero-order valence-corrected chi connectivity index (χ0v) is 23.0. The van der Waals surface area contributed by atoms with Gasteiger partial charge in [0.25, 0.3) is 0 Å². The number of rotatable bonds is 7. The summed E-state index contributed by atoms with van der Waals surface area (Å²) in [5.74, 6) is -8.18. The van der Waals surface area contributed by atoms with Gasteiger partial charge in [0.05, 0.1) is 6.61 Å². The van der Waals surface area contributed by atoms with Gasteiger partial charge >= 0.3 is 23.3 Å². The Balaban J connectivity index is 0.000000204. The molecule has 0 N–H and O–H groups in total. The van der Waals surface area contributed by atoms with Gasteiger partial charge in [-0.3, -0.25) is 0 Å². The molecule has 4 nitrogen and oxygen atoms in total. The van der Waals surface area contributed by atoms with E-state index in [1.54, 1.807) is 4.90 Å². The van der Waals surface area contributed by atoms with Gasteiger partial charge in [-0.25, -0.2) is 8.42 Å². The van der Waals surface area contributed by atoms with Gasteiger partial charge < -0.3 is 9.29 Å². The van der Waals surface area contributed by atoms with Crippen LogP contribution in [0.4, 0.5) is 39.5 Å². The van der Waals surface area contributed by atoms with Crippen molar-refractivity contribution in [1.82, 2.24) is 0 Å². The highest BCUT2D eigenvalue weighted by molar-refractivity contribution is 7.97. The molecule has 0 amide bonds. The molecule has 3 unspecified atom stereocenters. The van der Waals surface area contributed by atoms with E-state index in [-0.39, 0.29) is 0 Å². The second kappa shape index (κ2) is 11.3. The van der Waals surface area contributed by atoms with Crippen LogP contribution >= 0.6 is 0 Å². The summed E-state index contributed by atoms with van der Waals surface area (Å²) in [6.07, 6.45) is 1.44. The molecule has 3 atom stereocenters. The number of ether oxygens (including phenoxy) is 1. The standard InChI is InChI=1S/C22H27OS.C4HF9O3S/c1-2-6-20-19(5-1)21(9-10-22(20)24-11-3-4-12-24)23-15-18-14-16-7-8-17(18)13-16;5-1(6,3(9,10)11)2(7,8)4(12,13)17(14,15)16/h1-2,5-6,9-10,16-18H,3-4,7-8,11-15H2;(H,14,15,16)/q+1;/p-1. The fourth-order valence-electron chi connectivity index (χ4n) is 5.79. The van der Waals surface area contributed by atoms with Gasteiger partial charge in [0.15, 0.2) is 15.0 Å². The molecule has 1 aliphatic heterocycles. The maximum Gasteiger partial charge on any atom is 0.460 e. The second-order valence-corrected chi connectivity index (χ2v) is 14.2. The molecule has 2 saturated carbocycles. The smallest absolute Gasteiger partial charge is 0.460 e. The van der Waals surface area contributed by atoms with Crippen molar-refractivity contribution in [3.63, 3.8) is 0 Å². The molecule has 1 heterocycles. The monoisotopic (exact) mass is 638 g/mol. The van der Waals surface area contributed by atoms with Crippen LogP contribution in [0.1, 0.15) is 38.5 Å². The van der Waals surface area contributed by atoms with Crippen molar-refractivity contribution < 1.29 is 57.2 Å². The van der Waals surface area contributed by atoms with Crippen molar-refractivity contribution in [2.45, 2.75) is 66.7 Å². The molecule has 230 valence electrons. The minimum absolute atomic E-state index is 0.464. The lowest BCUT2D eigenvalue weighted by Gasteiger charge is -2.34. The molecule has 15 heteroatoms. The summed E-state index contributed by atoms with van der Waals surface area (Å²) in [5.41, 5.74) is 0. The van der Waals surface area contributed by atoms with E-state index in [0.717, 1.165) is 30.1 Å². The maximum absolute atomic E-state index is 12.2. The highest BCUT2D eigenvalue weighted by Gasteiger charge is 2.83. The van der Waals surface area contributed by atoms with Crippen LogP contribution in [0.25, 0.3) is 10.8 Å². The lowest BCUT2D eigenvalue weighted by molar-refractivity contribution is -0.382. The van der Waals surface area contributed by atoms with Crippen LogP contribution in [0.5, 0.6) is 5.75 Å². The quantitative estimate of drug-likeness (QED) is 0.180. The highest BCUT2D eigenvalue weighted by atomic mass is 32.2. The first-order chi connectivity index (χ1) is 18.9. The predicted octanol–water partition coefficient (Wildman–Crippen LogP) is 7.38. The van der Waals surface area contributed by atoms with Crippen LogP contribution in [0.15, 0.2) is 41.3 Å². The Morgan fingerprint density at radius 2 is 1.44 bits per heavy atom. The van der Waals surface area contributed by atoms with E-state index in [9.17, 15) is 52.5 Å². The van der Waals surface area contributed by atoms with Crippen molar-refractivity contribution in [3.8, 4) is 5.75 Å². The number of hydrogen-bond donors (Lipinski definition) is 0. The zero-order chi connectivity index (χ0) is 30.4. The third-order valence-corrected chi connectivity index (χ3v) is 11.4. The average molecular weight is 639 g/mol. The fourth-order valence-corrected chi connectivity index (χ4v) is 8.73. The molecule has 0 radical (unpaired) electrons. The minimum Gasteiger partial charge on any atom is -0.743 e. The van der Waals surface area contributed by atoms with E-state index < -0.39 is 33.4 Å². The van der Waals surface area contributed by atoms with E-state index >= 15 is 0 Å². The first-order valence-electron chi connectivity index (χ1n) is 12.9. The molecule has 3 fully saturated rings. The van der Waals surface area contributed by atoms with Crippen LogP contribution in [-0.2, 0) is 21.0 Å². The molecular weight excluding hydrogens is 611 g/mol. The molecule has 2 bridgehead atoms. The van der Waals surface area contributed by atoms with E-state index in [1.165, 1.54) is 60.8 Å². The van der Waals surface area contributed by atoms with E-state index in [2.05, 4.69) is 36.4 Å². The normalized spacial score (nSPS) is 24.0. The SMILES string of the molecule is O=S(=O)([O-])C(F)(F)C(F)(F)C(F)(F)C(F)(F)F.c1ccc2c([S+]3CCCC3)ccc(OCC3CC4CCC3C4)c2c1. The van der Waals surface area contributed by atoms with Gasteiger partial charge in [0.2, 0.25) is 0 Å². The van der Waals surface area contributed by atoms with Crippen LogP contribution in [0.2, 0.25) is 0 Å². The Morgan fingerprint density at radius 1 is 0.829 bits per heavy atom. The summed E-state index contributed by atoms with van der Waals surface area (Å²) >= 11 is 0. The van der Waals surface area contributed by atoms with Gasteiger partial charge in [-0.1, -0.05) is 24.6 Å². The Hall–Kier alpha value is -1.87. The Bertz CT molecular complexity index is 1340. The fraction of sp³-hybridized carbons (Fsp3) is 0.615. The molecule has 3 aliphatic rings. The summed E-state index contributed by atoms with van der Waals surface area (Å²) in [6.45, 7) is 0.927. The van der Waals surface area contributed by atoms with Crippen molar-refractivity contribution in [2.24, 2.45) is 17.8 Å². The number of fused-ring (bicyclic) bond motifs is 3. The second-order valence-electron chi connectivity index (χ2n) is 10.6. The lowest BCUT2D eigenvalue weighted by atomic mass is 9.89. The minimum atomic E-state index is -7.43. The third-order valence-electron chi connectivity index (χ3n) is 7.95. The van der Waals surface area contributed by atoms with Crippen LogP contribution in [0, 0.1) is 17.8 Å². The Morgan fingerprint density at radius 3 is 1.95 bits per heavy atom. The molecule has 5 rings (SSSR count). The van der Waals surface area contributed by atoms with Crippen LogP contribution in [-0.4, -0.2) is 54.4 Å². The van der Waals surface area contributed by atoms with Gasteiger partial charge in [0.1, 0.15) is 17.3 Å². The Labute approximate surface area is 233 Å². The largest absolute Gasteiger partial charge is 0.743 e. The molecule has 2 aromatic carbocycles. The molecule has 0 aromatic heterocycles. The number of benzene rings is 2. The van der Waals surface area contributed by atoms with Gasteiger partial charge in [0, 0.05) is 21.7 Å². The van der Waals surface area contributed by atoms with E-state index in [4.69, 9.17) is 4.74 Å². The predicted molar refractivity (Wildman–Crippen MR) is 134 cm³/mol. The first-order valence-corrected chi connectivity index (χ1v) is 15.8. The van der Waals surface area contributed by atoms with Crippen LogP contribution in [0.3, 0.4) is 0 Å². The molecule has 2 aliphatic carbocycles. The number of halogens is 9. The summed E-state index contributed by atoms with van der Waals surface area (Å²) in [6, 6.07) is 13.5. The van der Waals surface area contributed by atoms with Crippen LogP contribution < -0.4 is 4.74 Å². The average Bonchev–Trinajstić information content (AvgIpc) is 3.65. The first kappa shape index (κ1) is 32.1. The zero-order valence-electron chi connectivity index (χ0n) is 21.4. The molecule has 0 spiro atoms. The highest BCUT2D eigenvalue weighted by Crippen LogP contribution is 2.54. The van der Waals surface area contributed by atoms with Crippen molar-refractivity contribution in [2.75, 3.05) is 18.1 Å². The molecule has 41 heavy (non-hydrogen) atoms. The molecular formula is C26H27F9O4S2. The summed E-state index contributed by atoms with van der Waals surface area (Å²) in [5, 5.41) is -4.34. The molecule has 1 saturated heterocycles. The van der Waals surface area contributed by atoms with Gasteiger partial charge in [-0.15, -0.1) is 0 Å². The van der Waals surface area contributed by atoms with Crippen molar-refractivity contribution in [3.05, 3.63) is 36.4 Å².